The summed E-state index contributed by atoms with van der Waals surface area (Å²) in [6, 6.07) is 7.86. The quantitative estimate of drug-likeness (QED) is 0.857. The number of hydrogen-bond acceptors (Lipinski definition) is 2. The topological polar surface area (TPSA) is 40.5 Å². The number of hydrogen-bond donors (Lipinski definition) is 1. The molecule has 1 aliphatic rings. The standard InChI is InChI=1S/C13H16INO2/c14-11-6-2-1-5-10(11)9-15-8-4-3-7-12(15)13(16)17/h1-2,5-6,12H,3-4,7-9H2,(H,16,17). The second-order valence-electron chi connectivity index (χ2n) is 4.41. The number of carbonyl (C=O) groups is 1. The van der Waals surface area contributed by atoms with Crippen LogP contribution in [0.1, 0.15) is 24.8 Å². The van der Waals surface area contributed by atoms with E-state index in [-0.39, 0.29) is 6.04 Å². The van der Waals surface area contributed by atoms with Gasteiger partial charge in [-0.3, -0.25) is 9.69 Å². The van der Waals surface area contributed by atoms with Gasteiger partial charge in [0.1, 0.15) is 6.04 Å². The first-order valence-electron chi connectivity index (χ1n) is 5.89. The zero-order valence-electron chi connectivity index (χ0n) is 9.60. The third kappa shape index (κ3) is 3.19. The first kappa shape index (κ1) is 12.8. The summed E-state index contributed by atoms with van der Waals surface area (Å²) in [4.78, 5) is 13.3. The lowest BCUT2D eigenvalue weighted by molar-refractivity contribution is -0.144. The van der Waals surface area contributed by atoms with Crippen LogP contribution in [0.3, 0.4) is 0 Å². The van der Waals surface area contributed by atoms with Crippen molar-refractivity contribution in [3.8, 4) is 0 Å². The lowest BCUT2D eigenvalue weighted by atomic mass is 10.0. The van der Waals surface area contributed by atoms with E-state index in [4.69, 9.17) is 0 Å². The lowest BCUT2D eigenvalue weighted by Gasteiger charge is -2.33. The van der Waals surface area contributed by atoms with Crippen molar-refractivity contribution in [1.82, 2.24) is 4.90 Å². The van der Waals surface area contributed by atoms with Crippen LogP contribution < -0.4 is 0 Å². The molecule has 4 heteroatoms. The summed E-state index contributed by atoms with van der Waals surface area (Å²) in [5.41, 5.74) is 1.22. The minimum absolute atomic E-state index is 0.306. The number of piperidine rings is 1. The lowest BCUT2D eigenvalue weighted by Crippen LogP contribution is -2.44. The molecule has 3 nitrogen and oxygen atoms in total. The van der Waals surface area contributed by atoms with Gasteiger partial charge in [-0.25, -0.2) is 0 Å². The molecule has 1 heterocycles. The van der Waals surface area contributed by atoms with E-state index in [0.717, 1.165) is 32.4 Å². The Bertz CT molecular complexity index is 408. The van der Waals surface area contributed by atoms with Gasteiger partial charge in [0.2, 0.25) is 0 Å². The number of carboxylic acid groups (broad SMARTS) is 1. The highest BCUT2D eigenvalue weighted by Crippen LogP contribution is 2.21. The van der Waals surface area contributed by atoms with Crippen molar-refractivity contribution in [2.24, 2.45) is 0 Å². The summed E-state index contributed by atoms with van der Waals surface area (Å²) in [6.07, 6.45) is 2.91. The maximum absolute atomic E-state index is 11.2. The number of likely N-dealkylation sites (tertiary alicyclic amines) is 1. The van der Waals surface area contributed by atoms with Gasteiger partial charge >= 0.3 is 5.97 Å². The number of benzene rings is 1. The smallest absolute Gasteiger partial charge is 0.320 e. The molecule has 0 bridgehead atoms. The third-order valence-corrected chi connectivity index (χ3v) is 4.28. The molecule has 1 aromatic rings. The molecule has 1 saturated heterocycles. The first-order valence-corrected chi connectivity index (χ1v) is 6.96. The van der Waals surface area contributed by atoms with E-state index in [1.54, 1.807) is 0 Å². The molecule has 1 atom stereocenters. The van der Waals surface area contributed by atoms with Gasteiger partial charge in [-0.1, -0.05) is 24.6 Å². The second-order valence-corrected chi connectivity index (χ2v) is 5.57. The average Bonchev–Trinajstić information content (AvgIpc) is 2.32. The molecule has 1 aliphatic heterocycles. The van der Waals surface area contributed by atoms with E-state index in [1.807, 2.05) is 12.1 Å². The van der Waals surface area contributed by atoms with Gasteiger partial charge < -0.3 is 5.11 Å². The predicted octanol–water partition coefficient (Wildman–Crippen LogP) is 2.73. The summed E-state index contributed by atoms with van der Waals surface area (Å²) < 4.78 is 1.21. The number of nitrogens with zero attached hydrogens (tertiary/aromatic N) is 1. The van der Waals surface area contributed by atoms with Crippen molar-refractivity contribution in [3.63, 3.8) is 0 Å². The molecule has 1 aromatic carbocycles. The molecule has 0 aromatic heterocycles. The maximum Gasteiger partial charge on any atom is 0.320 e. The van der Waals surface area contributed by atoms with Crippen molar-refractivity contribution in [3.05, 3.63) is 33.4 Å². The Morgan fingerprint density at radius 3 is 2.88 bits per heavy atom. The third-order valence-electron chi connectivity index (χ3n) is 3.23. The van der Waals surface area contributed by atoms with Crippen molar-refractivity contribution in [1.29, 1.82) is 0 Å². The Hall–Kier alpha value is -0.620. The molecule has 0 aliphatic carbocycles. The zero-order valence-corrected chi connectivity index (χ0v) is 11.8. The minimum Gasteiger partial charge on any atom is -0.480 e. The Balaban J connectivity index is 2.11. The number of halogens is 1. The van der Waals surface area contributed by atoms with Crippen LogP contribution in [0.25, 0.3) is 0 Å². The largest absolute Gasteiger partial charge is 0.480 e. The zero-order chi connectivity index (χ0) is 12.3. The molecular weight excluding hydrogens is 329 g/mol. The van der Waals surface area contributed by atoms with Gasteiger partial charge in [0.15, 0.2) is 0 Å². The van der Waals surface area contributed by atoms with Gasteiger partial charge in [-0.15, -0.1) is 0 Å². The molecule has 1 fully saturated rings. The minimum atomic E-state index is -0.685. The summed E-state index contributed by atoms with van der Waals surface area (Å²) in [6.45, 7) is 1.64. The molecule has 0 spiro atoms. The van der Waals surface area contributed by atoms with E-state index < -0.39 is 5.97 Å². The highest BCUT2D eigenvalue weighted by molar-refractivity contribution is 14.1. The van der Waals surface area contributed by atoms with Crippen LogP contribution in [0.5, 0.6) is 0 Å². The van der Waals surface area contributed by atoms with E-state index in [0.29, 0.717) is 0 Å². The summed E-state index contributed by atoms with van der Waals surface area (Å²) in [5.74, 6) is -0.685. The second kappa shape index (κ2) is 5.82. The van der Waals surface area contributed by atoms with Gasteiger partial charge in [0.25, 0.3) is 0 Å². The van der Waals surface area contributed by atoms with Crippen molar-refractivity contribution in [2.45, 2.75) is 31.8 Å². The molecule has 1 unspecified atom stereocenters. The van der Waals surface area contributed by atoms with E-state index >= 15 is 0 Å². The van der Waals surface area contributed by atoms with Crippen LogP contribution in [0.15, 0.2) is 24.3 Å². The van der Waals surface area contributed by atoms with Gasteiger partial charge in [0, 0.05) is 10.1 Å². The fourth-order valence-corrected chi connectivity index (χ4v) is 2.86. The van der Waals surface area contributed by atoms with Gasteiger partial charge in [-0.05, 0) is 53.6 Å². The van der Waals surface area contributed by atoms with Crippen molar-refractivity contribution in [2.75, 3.05) is 6.54 Å². The molecule has 0 amide bonds. The van der Waals surface area contributed by atoms with Crippen LogP contribution in [-0.4, -0.2) is 28.6 Å². The number of carboxylic acids is 1. The highest BCUT2D eigenvalue weighted by Gasteiger charge is 2.28. The number of aliphatic carboxylic acids is 1. The normalized spacial score (nSPS) is 21.4. The molecule has 0 saturated carbocycles. The Morgan fingerprint density at radius 1 is 1.41 bits per heavy atom. The molecule has 2 rings (SSSR count). The van der Waals surface area contributed by atoms with E-state index in [1.165, 1.54) is 9.13 Å². The first-order chi connectivity index (χ1) is 8.18. The molecular formula is C13H16INO2. The van der Waals surface area contributed by atoms with Crippen LogP contribution >= 0.6 is 22.6 Å². The summed E-state index contributed by atoms with van der Waals surface area (Å²) in [7, 11) is 0. The summed E-state index contributed by atoms with van der Waals surface area (Å²) in [5, 5.41) is 9.21. The SMILES string of the molecule is O=C(O)C1CCCCN1Cc1ccccc1I. The van der Waals surface area contributed by atoms with Crippen molar-refractivity contribution >= 4 is 28.6 Å². The Labute approximate surface area is 115 Å². The van der Waals surface area contributed by atoms with Crippen LogP contribution in [0.4, 0.5) is 0 Å². The van der Waals surface area contributed by atoms with Crippen LogP contribution in [0.2, 0.25) is 0 Å². The monoisotopic (exact) mass is 345 g/mol. The molecule has 17 heavy (non-hydrogen) atoms. The highest BCUT2D eigenvalue weighted by atomic mass is 127. The van der Waals surface area contributed by atoms with Gasteiger partial charge in [-0.2, -0.15) is 0 Å². The molecule has 1 N–H and O–H groups in total. The van der Waals surface area contributed by atoms with Crippen LogP contribution in [-0.2, 0) is 11.3 Å². The summed E-state index contributed by atoms with van der Waals surface area (Å²) >= 11 is 2.31. The fourth-order valence-electron chi connectivity index (χ4n) is 2.31. The maximum atomic E-state index is 11.2. The molecule has 92 valence electrons. The van der Waals surface area contributed by atoms with E-state index in [2.05, 4.69) is 39.6 Å². The molecule has 0 radical (unpaired) electrons. The van der Waals surface area contributed by atoms with Crippen LogP contribution in [0, 0.1) is 3.57 Å². The predicted molar refractivity (Wildman–Crippen MR) is 74.8 cm³/mol. The Morgan fingerprint density at radius 2 is 2.18 bits per heavy atom. The average molecular weight is 345 g/mol. The Kier molecular flexibility index (Phi) is 4.39. The van der Waals surface area contributed by atoms with Crippen molar-refractivity contribution < 1.29 is 9.90 Å². The fraction of sp³-hybridized carbons (Fsp3) is 0.462. The van der Waals surface area contributed by atoms with E-state index in [9.17, 15) is 9.90 Å². The number of rotatable bonds is 3. The van der Waals surface area contributed by atoms with Gasteiger partial charge in [0.05, 0.1) is 0 Å².